The molecule has 5 rings (SSSR count). The van der Waals surface area contributed by atoms with Crippen LogP contribution in [0.4, 0.5) is 5.69 Å². The average molecular weight is 363 g/mol. The number of nitrogen functional groups attached to an aromatic ring is 1. The van der Waals surface area contributed by atoms with E-state index in [0.29, 0.717) is 17.2 Å². The topological polar surface area (TPSA) is 49.5 Å². The molecule has 2 bridgehead atoms. The fourth-order valence-corrected chi connectivity index (χ4v) is 6.31. The molecule has 0 aromatic heterocycles. The Bertz CT molecular complexity index is 831. The van der Waals surface area contributed by atoms with Gasteiger partial charge in [0, 0.05) is 23.7 Å². The summed E-state index contributed by atoms with van der Waals surface area (Å²) in [7, 11) is 0. The fourth-order valence-electron chi connectivity index (χ4n) is 6.31. The summed E-state index contributed by atoms with van der Waals surface area (Å²) in [5, 5.41) is 10.1. The molecule has 142 valence electrons. The molecule has 3 nitrogen and oxygen atoms in total. The van der Waals surface area contributed by atoms with E-state index >= 15 is 0 Å². The van der Waals surface area contributed by atoms with Gasteiger partial charge in [0.05, 0.1) is 0 Å². The molecule has 2 aromatic rings. The van der Waals surface area contributed by atoms with Crippen LogP contribution >= 0.6 is 0 Å². The van der Waals surface area contributed by atoms with Gasteiger partial charge < -0.3 is 10.8 Å². The molecule has 1 heterocycles. The van der Waals surface area contributed by atoms with Crippen molar-refractivity contribution in [1.29, 1.82) is 0 Å². The van der Waals surface area contributed by atoms with Gasteiger partial charge in [-0.25, -0.2) is 0 Å². The molecule has 27 heavy (non-hydrogen) atoms. The molecule has 0 spiro atoms. The van der Waals surface area contributed by atoms with Crippen LogP contribution in [0.2, 0.25) is 0 Å². The van der Waals surface area contributed by atoms with Gasteiger partial charge in [0.15, 0.2) is 0 Å². The Hall–Kier alpha value is -2.00. The molecule has 0 amide bonds. The van der Waals surface area contributed by atoms with Crippen molar-refractivity contribution in [3.05, 3.63) is 59.2 Å². The summed E-state index contributed by atoms with van der Waals surface area (Å²) >= 11 is 0. The molecule has 1 aliphatic heterocycles. The van der Waals surface area contributed by atoms with Crippen LogP contribution in [0.5, 0.6) is 5.75 Å². The van der Waals surface area contributed by atoms with Gasteiger partial charge in [0.25, 0.3) is 0 Å². The summed E-state index contributed by atoms with van der Waals surface area (Å²) in [4.78, 5) is 2.76. The number of nitrogens with zero attached hydrogens (tertiary/aromatic N) is 1. The van der Waals surface area contributed by atoms with E-state index in [4.69, 9.17) is 5.73 Å². The SMILES string of the molecule is Nc1ccc(CCN2CC[C@]34CCCC[C@H]3[C@H]2Cc2ccc(O)cc24)cc1. The predicted octanol–water partition coefficient (Wildman–Crippen LogP) is 4.28. The first-order valence-corrected chi connectivity index (χ1v) is 10.6. The Balaban J connectivity index is 1.42. The number of fused-ring (bicyclic) bond motifs is 1. The minimum atomic E-state index is 0.312. The number of aromatic hydroxyl groups is 1. The van der Waals surface area contributed by atoms with E-state index in [2.05, 4.69) is 29.2 Å². The maximum absolute atomic E-state index is 10.1. The number of hydrogen-bond acceptors (Lipinski definition) is 3. The Kier molecular flexibility index (Phi) is 4.16. The van der Waals surface area contributed by atoms with E-state index in [1.165, 1.54) is 55.3 Å². The number of phenolic OH excluding ortho intramolecular Hbond substituents is 1. The normalized spacial score (nSPS) is 29.8. The highest BCUT2D eigenvalue weighted by Gasteiger charge is 2.53. The van der Waals surface area contributed by atoms with Crippen molar-refractivity contribution < 1.29 is 5.11 Å². The molecular formula is C24H30N2O. The second kappa shape index (κ2) is 6.56. The molecule has 0 unspecified atom stereocenters. The van der Waals surface area contributed by atoms with Gasteiger partial charge in [-0.1, -0.05) is 31.0 Å². The Morgan fingerprint density at radius 2 is 1.93 bits per heavy atom. The second-order valence-corrected chi connectivity index (χ2v) is 8.90. The highest BCUT2D eigenvalue weighted by molar-refractivity contribution is 5.45. The molecule has 3 heteroatoms. The third kappa shape index (κ3) is 2.84. The Labute approximate surface area is 162 Å². The van der Waals surface area contributed by atoms with E-state index in [-0.39, 0.29) is 0 Å². The average Bonchev–Trinajstić information content (AvgIpc) is 2.69. The van der Waals surface area contributed by atoms with E-state index in [9.17, 15) is 5.11 Å². The molecule has 3 aliphatic rings. The first-order valence-electron chi connectivity index (χ1n) is 10.6. The first-order chi connectivity index (χ1) is 13.2. The lowest BCUT2D eigenvalue weighted by atomic mass is 9.52. The minimum Gasteiger partial charge on any atom is -0.508 e. The first kappa shape index (κ1) is 17.1. The zero-order chi connectivity index (χ0) is 18.4. The summed E-state index contributed by atoms with van der Waals surface area (Å²) in [5.74, 6) is 1.19. The summed E-state index contributed by atoms with van der Waals surface area (Å²) in [6.45, 7) is 2.32. The quantitative estimate of drug-likeness (QED) is 0.802. The number of nitrogens with two attached hydrogens (primary N) is 1. The minimum absolute atomic E-state index is 0.312. The third-order valence-electron chi connectivity index (χ3n) is 7.60. The highest BCUT2D eigenvalue weighted by atomic mass is 16.3. The lowest BCUT2D eigenvalue weighted by Gasteiger charge is -2.59. The van der Waals surface area contributed by atoms with E-state index in [1.807, 2.05) is 18.2 Å². The molecule has 2 aliphatic carbocycles. The lowest BCUT2D eigenvalue weighted by Crippen LogP contribution is -2.61. The lowest BCUT2D eigenvalue weighted by molar-refractivity contribution is -0.0106. The van der Waals surface area contributed by atoms with E-state index < -0.39 is 0 Å². The van der Waals surface area contributed by atoms with Gasteiger partial charge in [-0.3, -0.25) is 4.90 Å². The smallest absolute Gasteiger partial charge is 0.115 e. The number of anilines is 1. The standard InChI is InChI=1S/C24H30N2O/c25-19-7-4-17(5-8-19)10-13-26-14-12-24-11-2-1-3-21(24)23(26)15-18-6-9-20(27)16-22(18)24/h4-9,16,21,23,27H,1-3,10-15,25H2/t21-,23+,24+/m0/s1. The summed E-state index contributed by atoms with van der Waals surface area (Å²) < 4.78 is 0. The largest absolute Gasteiger partial charge is 0.508 e. The number of phenols is 1. The summed E-state index contributed by atoms with van der Waals surface area (Å²) in [5.41, 5.74) is 11.3. The fraction of sp³-hybridized carbons (Fsp3) is 0.500. The van der Waals surface area contributed by atoms with Crippen molar-refractivity contribution in [1.82, 2.24) is 4.90 Å². The molecule has 2 fully saturated rings. The predicted molar refractivity (Wildman–Crippen MR) is 110 cm³/mol. The zero-order valence-electron chi connectivity index (χ0n) is 16.0. The van der Waals surface area contributed by atoms with Crippen LogP contribution in [-0.2, 0) is 18.3 Å². The number of likely N-dealkylation sites (tertiary alicyclic amines) is 1. The van der Waals surface area contributed by atoms with Crippen LogP contribution in [0.3, 0.4) is 0 Å². The van der Waals surface area contributed by atoms with Gasteiger partial charge in [-0.05, 0) is 85.5 Å². The van der Waals surface area contributed by atoms with Crippen LogP contribution in [-0.4, -0.2) is 29.1 Å². The number of rotatable bonds is 3. The highest BCUT2D eigenvalue weighted by Crippen LogP contribution is 2.56. The van der Waals surface area contributed by atoms with Gasteiger partial charge in [-0.2, -0.15) is 0 Å². The van der Waals surface area contributed by atoms with Crippen LogP contribution in [0, 0.1) is 5.92 Å². The van der Waals surface area contributed by atoms with Crippen LogP contribution in [0.15, 0.2) is 42.5 Å². The van der Waals surface area contributed by atoms with Crippen molar-refractivity contribution in [3.8, 4) is 5.75 Å². The van der Waals surface area contributed by atoms with Crippen LogP contribution in [0.1, 0.15) is 48.8 Å². The summed E-state index contributed by atoms with van der Waals surface area (Å²) in [6.07, 6.45) is 8.83. The zero-order valence-corrected chi connectivity index (χ0v) is 16.0. The number of hydrogen-bond donors (Lipinski definition) is 2. The molecule has 1 saturated carbocycles. The molecule has 2 aromatic carbocycles. The van der Waals surface area contributed by atoms with Crippen molar-refractivity contribution in [2.24, 2.45) is 5.92 Å². The van der Waals surface area contributed by atoms with Gasteiger partial charge in [-0.15, -0.1) is 0 Å². The number of piperidine rings is 1. The molecule has 3 N–H and O–H groups in total. The van der Waals surface area contributed by atoms with Gasteiger partial charge in [0.1, 0.15) is 5.75 Å². The van der Waals surface area contributed by atoms with Crippen molar-refractivity contribution in [3.63, 3.8) is 0 Å². The van der Waals surface area contributed by atoms with Gasteiger partial charge >= 0.3 is 0 Å². The van der Waals surface area contributed by atoms with Crippen molar-refractivity contribution in [2.75, 3.05) is 18.8 Å². The van der Waals surface area contributed by atoms with Crippen LogP contribution in [0.25, 0.3) is 0 Å². The van der Waals surface area contributed by atoms with E-state index in [1.54, 1.807) is 0 Å². The molecular weight excluding hydrogens is 332 g/mol. The molecule has 1 saturated heterocycles. The summed E-state index contributed by atoms with van der Waals surface area (Å²) in [6, 6.07) is 15.2. The van der Waals surface area contributed by atoms with Crippen molar-refractivity contribution >= 4 is 5.69 Å². The third-order valence-corrected chi connectivity index (χ3v) is 7.60. The molecule has 0 radical (unpaired) electrons. The maximum atomic E-state index is 10.1. The monoisotopic (exact) mass is 362 g/mol. The number of benzene rings is 2. The van der Waals surface area contributed by atoms with Crippen molar-refractivity contribution in [2.45, 2.75) is 56.4 Å². The second-order valence-electron chi connectivity index (χ2n) is 8.90. The Morgan fingerprint density at radius 1 is 1.07 bits per heavy atom. The van der Waals surface area contributed by atoms with Gasteiger partial charge in [0.2, 0.25) is 0 Å². The van der Waals surface area contributed by atoms with E-state index in [0.717, 1.165) is 31.0 Å². The van der Waals surface area contributed by atoms with Crippen LogP contribution < -0.4 is 5.73 Å². The Morgan fingerprint density at radius 3 is 2.78 bits per heavy atom. The maximum Gasteiger partial charge on any atom is 0.115 e. The molecule has 3 atom stereocenters.